The van der Waals surface area contributed by atoms with Gasteiger partial charge < -0.3 is 9.84 Å². The molecule has 0 bridgehead atoms. The molecule has 11 heteroatoms. The lowest BCUT2D eigenvalue weighted by Gasteiger charge is -2.41. The summed E-state index contributed by atoms with van der Waals surface area (Å²) in [4.78, 5) is 32.5. The maximum Gasteiger partial charge on any atom is 0.490 e. The Morgan fingerprint density at radius 1 is 1.26 bits per heavy atom. The molecular weight excluding hydrogens is 437 g/mol. The second-order valence-electron chi connectivity index (χ2n) is 7.92. The maximum atomic E-state index is 12.9. The van der Waals surface area contributed by atoms with Gasteiger partial charge in [-0.2, -0.15) is 13.2 Å². The third-order valence-electron chi connectivity index (χ3n) is 5.61. The Morgan fingerprint density at radius 3 is 2.58 bits per heavy atom. The van der Waals surface area contributed by atoms with Crippen LogP contribution in [0.5, 0.6) is 0 Å². The first-order valence-electron chi connectivity index (χ1n) is 10.3. The van der Waals surface area contributed by atoms with Gasteiger partial charge in [0, 0.05) is 42.0 Å². The smallest absolute Gasteiger partial charge is 0.475 e. The van der Waals surface area contributed by atoms with Crippen LogP contribution in [0.2, 0.25) is 0 Å². The van der Waals surface area contributed by atoms with E-state index in [9.17, 15) is 18.0 Å². The number of piperidine rings is 1. The van der Waals surface area contributed by atoms with Gasteiger partial charge in [0.05, 0.1) is 18.6 Å². The highest BCUT2D eigenvalue weighted by atomic mass is 32.1. The summed E-state index contributed by atoms with van der Waals surface area (Å²) in [5, 5.41) is 8.73. The van der Waals surface area contributed by atoms with Crippen molar-refractivity contribution < 1.29 is 37.4 Å². The fourth-order valence-electron chi connectivity index (χ4n) is 4.16. The summed E-state index contributed by atoms with van der Waals surface area (Å²) in [6.07, 6.45) is -0.885. The number of aryl methyl sites for hydroxylation is 1. The molecule has 1 N–H and O–H groups in total. The zero-order chi connectivity index (χ0) is 22.6. The average Bonchev–Trinajstić information content (AvgIpc) is 3.36. The number of rotatable bonds is 3. The molecule has 1 amide bonds. The molecule has 174 valence electrons. The van der Waals surface area contributed by atoms with Crippen LogP contribution in [0.25, 0.3) is 0 Å². The van der Waals surface area contributed by atoms with Crippen molar-refractivity contribution in [2.75, 3.05) is 26.3 Å². The number of aliphatic carboxylic acids is 1. The summed E-state index contributed by atoms with van der Waals surface area (Å²) in [7, 11) is 0. The molecule has 1 aromatic heterocycles. The first-order valence-corrected chi connectivity index (χ1v) is 11.1. The zero-order valence-corrected chi connectivity index (χ0v) is 18.1. The molecule has 31 heavy (non-hydrogen) atoms. The van der Waals surface area contributed by atoms with E-state index in [0.717, 1.165) is 51.9 Å². The van der Waals surface area contributed by atoms with Gasteiger partial charge in [-0.15, -0.1) is 11.3 Å². The molecule has 3 saturated heterocycles. The van der Waals surface area contributed by atoms with Gasteiger partial charge in [-0.1, -0.05) is 0 Å². The third kappa shape index (κ3) is 6.41. The van der Waals surface area contributed by atoms with Crippen molar-refractivity contribution in [3.8, 4) is 0 Å². The Labute approximate surface area is 182 Å². The fraction of sp³-hybridized carbons (Fsp3) is 0.700. The number of amides is 1. The first kappa shape index (κ1) is 24.0. The van der Waals surface area contributed by atoms with E-state index in [4.69, 9.17) is 19.5 Å². The number of nitrogens with zero attached hydrogens (tertiary/aromatic N) is 2. The van der Waals surface area contributed by atoms with Crippen LogP contribution in [0.15, 0.2) is 12.1 Å². The number of carboxylic acids is 1. The Morgan fingerprint density at radius 2 is 2.00 bits per heavy atom. The minimum atomic E-state index is -5.08. The predicted molar refractivity (Wildman–Crippen MR) is 106 cm³/mol. The molecular formula is C20H27F3N2O5S. The molecule has 1 aromatic rings. The van der Waals surface area contributed by atoms with Crippen molar-refractivity contribution in [3.05, 3.63) is 21.9 Å². The lowest BCUT2D eigenvalue weighted by Crippen LogP contribution is -2.53. The number of carbonyl (C=O) groups is 2. The van der Waals surface area contributed by atoms with E-state index in [0.29, 0.717) is 12.6 Å². The minimum absolute atomic E-state index is 0.0106. The molecule has 0 radical (unpaired) electrons. The van der Waals surface area contributed by atoms with Gasteiger partial charge >= 0.3 is 12.1 Å². The third-order valence-corrected chi connectivity index (χ3v) is 6.60. The number of fused-ring (bicyclic) bond motifs is 1. The molecule has 0 aromatic carbocycles. The Balaban J connectivity index is 0.000000339. The number of ether oxygens (including phenoxy) is 1. The van der Waals surface area contributed by atoms with E-state index in [-0.39, 0.29) is 17.9 Å². The second kappa shape index (κ2) is 10.3. The van der Waals surface area contributed by atoms with Gasteiger partial charge in [-0.05, 0) is 44.7 Å². The van der Waals surface area contributed by atoms with E-state index >= 15 is 0 Å². The summed E-state index contributed by atoms with van der Waals surface area (Å²) in [6.45, 7) is 6.10. The van der Waals surface area contributed by atoms with Gasteiger partial charge in [0.25, 0.3) is 5.91 Å². The molecule has 3 fully saturated rings. The van der Waals surface area contributed by atoms with Crippen LogP contribution >= 0.6 is 11.3 Å². The predicted octanol–water partition coefficient (Wildman–Crippen LogP) is 3.22. The molecule has 3 aliphatic rings. The van der Waals surface area contributed by atoms with Crippen LogP contribution in [0, 0.1) is 12.8 Å². The number of hydrogen-bond acceptors (Lipinski definition) is 6. The van der Waals surface area contributed by atoms with Crippen LogP contribution in [-0.2, 0) is 25.7 Å². The van der Waals surface area contributed by atoms with Crippen LogP contribution in [0.3, 0.4) is 0 Å². The van der Waals surface area contributed by atoms with Crippen LogP contribution < -0.4 is 0 Å². The number of carbonyl (C=O) groups excluding carboxylic acids is 1. The van der Waals surface area contributed by atoms with E-state index in [1.807, 2.05) is 11.3 Å². The summed E-state index contributed by atoms with van der Waals surface area (Å²) in [6, 6.07) is 4.85. The van der Waals surface area contributed by atoms with E-state index < -0.39 is 12.1 Å². The average molecular weight is 465 g/mol. The monoisotopic (exact) mass is 464 g/mol. The second-order valence-corrected chi connectivity index (χ2v) is 9.30. The van der Waals surface area contributed by atoms with Crippen molar-refractivity contribution >= 4 is 23.2 Å². The highest BCUT2D eigenvalue weighted by molar-refractivity contribution is 7.11. The summed E-state index contributed by atoms with van der Waals surface area (Å²) < 4.78 is 37.7. The van der Waals surface area contributed by atoms with Crippen molar-refractivity contribution in [3.63, 3.8) is 0 Å². The maximum absolute atomic E-state index is 12.9. The molecule has 0 saturated carbocycles. The van der Waals surface area contributed by atoms with Crippen LogP contribution in [-0.4, -0.2) is 71.6 Å². The van der Waals surface area contributed by atoms with Crippen molar-refractivity contribution in [1.29, 1.82) is 0 Å². The molecule has 3 aliphatic heterocycles. The Hall–Kier alpha value is -1.69. The van der Waals surface area contributed by atoms with Gasteiger partial charge in [0.2, 0.25) is 0 Å². The summed E-state index contributed by atoms with van der Waals surface area (Å²) >= 11 is 1.85. The number of hydroxylamine groups is 2. The summed E-state index contributed by atoms with van der Waals surface area (Å²) in [5.41, 5.74) is 0. The molecule has 0 unspecified atom stereocenters. The standard InChI is InChI=1S/C18H26N2O3S.C2HF3O2/c1-13-4-5-15(24-13)12-19-11-14(10-17-16(19)6-9-22-17)18(21)20-7-2-3-8-23-20;3-2(4,5)1(6)7/h4-5,14,16-17H,2-3,6-12H2,1H3;(H,6,7)/t14-,16+,17+;/m0./s1. The highest BCUT2D eigenvalue weighted by Crippen LogP contribution is 2.34. The molecule has 0 spiro atoms. The highest BCUT2D eigenvalue weighted by Gasteiger charge is 2.43. The van der Waals surface area contributed by atoms with Gasteiger partial charge in [-0.25, -0.2) is 9.86 Å². The van der Waals surface area contributed by atoms with Crippen LogP contribution in [0.4, 0.5) is 13.2 Å². The lowest BCUT2D eigenvalue weighted by atomic mass is 9.89. The Kier molecular flexibility index (Phi) is 7.95. The number of halogens is 3. The topological polar surface area (TPSA) is 79.3 Å². The van der Waals surface area contributed by atoms with Gasteiger partial charge in [0.1, 0.15) is 0 Å². The SMILES string of the molecule is Cc1ccc(CN2C[C@@H](C(=O)N3CCCCO3)C[C@H]3OCC[C@H]32)s1.O=C(O)C(F)(F)F. The Bertz CT molecular complexity index is 766. The molecule has 7 nitrogen and oxygen atoms in total. The number of thiophene rings is 1. The minimum Gasteiger partial charge on any atom is -0.475 e. The first-order chi connectivity index (χ1) is 14.6. The zero-order valence-electron chi connectivity index (χ0n) is 17.3. The number of alkyl halides is 3. The normalized spacial score (nSPS) is 26.7. The molecule has 0 aliphatic carbocycles. The van der Waals surface area contributed by atoms with Crippen LogP contribution in [0.1, 0.15) is 35.4 Å². The van der Waals surface area contributed by atoms with Gasteiger partial charge in [-0.3, -0.25) is 14.5 Å². The van der Waals surface area contributed by atoms with E-state index in [1.54, 1.807) is 5.06 Å². The van der Waals surface area contributed by atoms with Crippen molar-refractivity contribution in [2.24, 2.45) is 5.92 Å². The summed E-state index contributed by atoms with van der Waals surface area (Å²) in [5.74, 6) is -2.62. The molecule has 4 rings (SSSR count). The largest absolute Gasteiger partial charge is 0.490 e. The molecule has 3 atom stereocenters. The fourth-order valence-corrected chi connectivity index (χ4v) is 5.07. The van der Waals surface area contributed by atoms with E-state index in [2.05, 4.69) is 24.0 Å². The molecule has 4 heterocycles. The van der Waals surface area contributed by atoms with Crippen molar-refractivity contribution in [2.45, 2.75) is 57.5 Å². The number of carboxylic acid groups (broad SMARTS) is 1. The lowest BCUT2D eigenvalue weighted by molar-refractivity contribution is -0.204. The number of hydrogen-bond donors (Lipinski definition) is 1. The van der Waals surface area contributed by atoms with Gasteiger partial charge in [0.15, 0.2) is 0 Å². The number of likely N-dealkylation sites (tertiary alicyclic amines) is 1. The van der Waals surface area contributed by atoms with E-state index in [1.165, 1.54) is 9.75 Å². The quantitative estimate of drug-likeness (QED) is 0.740. The van der Waals surface area contributed by atoms with Crippen molar-refractivity contribution in [1.82, 2.24) is 9.96 Å².